The predicted octanol–water partition coefficient (Wildman–Crippen LogP) is 2.81. The molecule has 106 valence electrons. The molecule has 2 rings (SSSR count). The van der Waals surface area contributed by atoms with E-state index in [1.165, 1.54) is 11.0 Å². The van der Waals surface area contributed by atoms with E-state index in [4.69, 9.17) is 9.52 Å². The molecule has 0 atom stereocenters. The van der Waals surface area contributed by atoms with Crippen LogP contribution in [-0.2, 0) is 6.54 Å². The zero-order valence-corrected chi connectivity index (χ0v) is 10.3. The van der Waals surface area contributed by atoms with Gasteiger partial charge in [-0.05, 0) is 25.8 Å². The fourth-order valence-corrected chi connectivity index (χ4v) is 2.02. The molecule has 0 aliphatic heterocycles. The maximum Gasteiger partial charge on any atom is 0.401 e. The molecule has 19 heavy (non-hydrogen) atoms. The number of hydrogen-bond acceptors (Lipinski definition) is 3. The molecule has 0 aromatic carbocycles. The van der Waals surface area contributed by atoms with Gasteiger partial charge in [0.2, 0.25) is 5.76 Å². The average molecular weight is 277 g/mol. The number of nitrogens with zero attached hydrogens (tertiary/aromatic N) is 1. The van der Waals surface area contributed by atoms with Gasteiger partial charge < -0.3 is 9.52 Å². The van der Waals surface area contributed by atoms with Gasteiger partial charge in [-0.25, -0.2) is 4.79 Å². The summed E-state index contributed by atoms with van der Waals surface area (Å²) in [7, 11) is 0. The van der Waals surface area contributed by atoms with Crippen molar-refractivity contribution in [2.45, 2.75) is 38.5 Å². The summed E-state index contributed by atoms with van der Waals surface area (Å²) in [6.45, 7) is 0.541. The molecule has 1 aromatic rings. The van der Waals surface area contributed by atoms with Crippen LogP contribution < -0.4 is 0 Å². The Morgan fingerprint density at radius 3 is 2.58 bits per heavy atom. The number of furan rings is 1. The second-order valence-electron chi connectivity index (χ2n) is 4.78. The van der Waals surface area contributed by atoms with Crippen LogP contribution in [0.5, 0.6) is 0 Å². The van der Waals surface area contributed by atoms with Gasteiger partial charge in [-0.1, -0.05) is 0 Å². The van der Waals surface area contributed by atoms with Crippen LogP contribution in [-0.4, -0.2) is 34.7 Å². The Morgan fingerprint density at radius 2 is 2.16 bits per heavy atom. The largest absolute Gasteiger partial charge is 0.475 e. The van der Waals surface area contributed by atoms with Crippen molar-refractivity contribution in [3.8, 4) is 0 Å². The van der Waals surface area contributed by atoms with Gasteiger partial charge in [0.05, 0.1) is 13.1 Å². The van der Waals surface area contributed by atoms with E-state index in [9.17, 15) is 18.0 Å². The van der Waals surface area contributed by atoms with E-state index >= 15 is 0 Å². The fourth-order valence-electron chi connectivity index (χ4n) is 2.02. The zero-order valence-electron chi connectivity index (χ0n) is 10.3. The fraction of sp³-hybridized carbons (Fsp3) is 0.583. The molecule has 1 heterocycles. The Labute approximate surface area is 107 Å². The number of carboxylic acid groups (broad SMARTS) is 1. The number of carboxylic acids is 1. The number of hydrogen-bond donors (Lipinski definition) is 1. The third-order valence-electron chi connectivity index (χ3n) is 2.97. The smallest absolute Gasteiger partial charge is 0.401 e. The summed E-state index contributed by atoms with van der Waals surface area (Å²) in [6, 6.07) is 1.40. The van der Waals surface area contributed by atoms with Crippen LogP contribution in [0.15, 0.2) is 10.5 Å². The molecule has 1 fully saturated rings. The van der Waals surface area contributed by atoms with E-state index in [1.54, 1.807) is 6.92 Å². The number of carbonyl (C=O) groups is 1. The summed E-state index contributed by atoms with van der Waals surface area (Å²) in [4.78, 5) is 12.1. The van der Waals surface area contributed by atoms with Crippen molar-refractivity contribution in [2.24, 2.45) is 0 Å². The summed E-state index contributed by atoms with van der Waals surface area (Å²) >= 11 is 0. The maximum absolute atomic E-state index is 12.4. The molecular formula is C12H14F3NO3. The highest BCUT2D eigenvalue weighted by molar-refractivity contribution is 5.86. The summed E-state index contributed by atoms with van der Waals surface area (Å²) in [6.07, 6.45) is -2.79. The molecule has 7 heteroatoms. The number of rotatable bonds is 5. The van der Waals surface area contributed by atoms with Gasteiger partial charge in [-0.3, -0.25) is 4.90 Å². The van der Waals surface area contributed by atoms with Gasteiger partial charge in [-0.2, -0.15) is 13.2 Å². The SMILES string of the molecule is Cc1cc(CN(CC(F)(F)F)C2CC2)oc1C(=O)O. The lowest BCUT2D eigenvalue weighted by molar-refractivity contribution is -0.148. The minimum atomic E-state index is -4.26. The Kier molecular flexibility index (Phi) is 3.58. The van der Waals surface area contributed by atoms with Crippen molar-refractivity contribution < 1.29 is 27.5 Å². The maximum atomic E-state index is 12.4. The first-order chi connectivity index (χ1) is 8.76. The third-order valence-corrected chi connectivity index (χ3v) is 2.97. The predicted molar refractivity (Wildman–Crippen MR) is 59.9 cm³/mol. The van der Waals surface area contributed by atoms with Crippen LogP contribution in [0.2, 0.25) is 0 Å². The average Bonchev–Trinajstić information content (AvgIpc) is 3.00. The van der Waals surface area contributed by atoms with E-state index in [0.29, 0.717) is 5.56 Å². The molecule has 1 aliphatic carbocycles. The zero-order chi connectivity index (χ0) is 14.2. The van der Waals surface area contributed by atoms with E-state index in [0.717, 1.165) is 12.8 Å². The summed E-state index contributed by atoms with van der Waals surface area (Å²) in [5.41, 5.74) is 0.422. The van der Waals surface area contributed by atoms with Crippen molar-refractivity contribution in [3.63, 3.8) is 0 Å². The lowest BCUT2D eigenvalue weighted by atomic mass is 10.2. The van der Waals surface area contributed by atoms with Gasteiger partial charge >= 0.3 is 12.1 Å². The normalized spacial score (nSPS) is 16.1. The first-order valence-electron chi connectivity index (χ1n) is 5.89. The second-order valence-corrected chi connectivity index (χ2v) is 4.78. The standard InChI is InChI=1S/C12H14F3NO3/c1-7-4-9(19-10(7)11(17)18)5-16(8-2-3-8)6-12(13,14)15/h4,8H,2-3,5-6H2,1H3,(H,17,18). The Morgan fingerprint density at radius 1 is 1.53 bits per heavy atom. The van der Waals surface area contributed by atoms with Crippen LogP contribution in [0.4, 0.5) is 13.2 Å². The van der Waals surface area contributed by atoms with Crippen LogP contribution in [0.25, 0.3) is 0 Å². The van der Waals surface area contributed by atoms with Crippen molar-refractivity contribution in [3.05, 3.63) is 23.2 Å². The molecule has 0 unspecified atom stereocenters. The Balaban J connectivity index is 2.09. The monoisotopic (exact) mass is 277 g/mol. The Bertz CT molecular complexity index is 477. The number of halogens is 3. The number of alkyl halides is 3. The van der Waals surface area contributed by atoms with Crippen LogP contribution >= 0.6 is 0 Å². The lowest BCUT2D eigenvalue weighted by Gasteiger charge is -2.22. The lowest BCUT2D eigenvalue weighted by Crippen LogP contribution is -2.35. The van der Waals surface area contributed by atoms with Gasteiger partial charge in [0.25, 0.3) is 0 Å². The molecule has 0 saturated heterocycles. The van der Waals surface area contributed by atoms with Crippen molar-refractivity contribution in [1.29, 1.82) is 0 Å². The van der Waals surface area contributed by atoms with Crippen molar-refractivity contribution >= 4 is 5.97 Å². The molecule has 0 radical (unpaired) electrons. The molecule has 4 nitrogen and oxygen atoms in total. The third kappa shape index (κ3) is 3.73. The quantitative estimate of drug-likeness (QED) is 0.899. The summed E-state index contributed by atoms with van der Waals surface area (Å²) in [5, 5.41) is 8.83. The van der Waals surface area contributed by atoms with Gasteiger partial charge in [0, 0.05) is 11.6 Å². The first-order valence-corrected chi connectivity index (χ1v) is 5.89. The Hall–Kier alpha value is -1.50. The molecule has 0 amide bonds. The first kappa shape index (κ1) is 13.9. The van der Waals surface area contributed by atoms with Crippen LogP contribution in [0.3, 0.4) is 0 Å². The minimum Gasteiger partial charge on any atom is -0.475 e. The summed E-state index contributed by atoms with van der Waals surface area (Å²) < 4.78 is 42.4. The summed E-state index contributed by atoms with van der Waals surface area (Å²) in [5.74, 6) is -1.17. The highest BCUT2D eigenvalue weighted by Gasteiger charge is 2.38. The van der Waals surface area contributed by atoms with E-state index in [2.05, 4.69) is 0 Å². The highest BCUT2D eigenvalue weighted by Crippen LogP contribution is 2.32. The molecule has 1 aromatic heterocycles. The number of aromatic carboxylic acids is 1. The van der Waals surface area contributed by atoms with Crippen LogP contribution in [0, 0.1) is 6.92 Å². The molecule has 0 spiro atoms. The van der Waals surface area contributed by atoms with E-state index < -0.39 is 18.7 Å². The van der Waals surface area contributed by atoms with Crippen LogP contribution in [0.1, 0.15) is 34.7 Å². The second kappa shape index (κ2) is 4.88. The molecular weight excluding hydrogens is 263 g/mol. The minimum absolute atomic E-state index is 0.0156. The molecule has 1 N–H and O–H groups in total. The van der Waals surface area contributed by atoms with Crippen molar-refractivity contribution in [1.82, 2.24) is 4.90 Å². The van der Waals surface area contributed by atoms with Crippen molar-refractivity contribution in [2.75, 3.05) is 6.54 Å². The van der Waals surface area contributed by atoms with E-state index in [-0.39, 0.29) is 24.1 Å². The topological polar surface area (TPSA) is 53.7 Å². The van der Waals surface area contributed by atoms with Gasteiger partial charge in [0.15, 0.2) is 0 Å². The van der Waals surface area contributed by atoms with Gasteiger partial charge in [-0.15, -0.1) is 0 Å². The highest BCUT2D eigenvalue weighted by atomic mass is 19.4. The molecule has 1 saturated carbocycles. The van der Waals surface area contributed by atoms with Gasteiger partial charge in [0.1, 0.15) is 5.76 Å². The molecule has 1 aliphatic rings. The van der Waals surface area contributed by atoms with E-state index in [1.807, 2.05) is 0 Å². The molecule has 0 bridgehead atoms. The number of aryl methyl sites for hydroxylation is 1.